The summed E-state index contributed by atoms with van der Waals surface area (Å²) in [7, 11) is -3.25. The average Bonchev–Trinajstić information content (AvgIpc) is 2.27. The summed E-state index contributed by atoms with van der Waals surface area (Å²) >= 11 is 0. The van der Waals surface area contributed by atoms with Crippen LogP contribution in [0.5, 0.6) is 0 Å². The Morgan fingerprint density at radius 3 is 2.39 bits per heavy atom. The molecule has 1 aromatic carbocycles. The second kappa shape index (κ2) is 5.52. The second-order valence-electron chi connectivity index (χ2n) is 4.76. The maximum absolute atomic E-state index is 12.1. The average molecular weight is 270 g/mol. The van der Waals surface area contributed by atoms with Crippen LogP contribution in [-0.4, -0.2) is 24.7 Å². The van der Waals surface area contributed by atoms with Crippen molar-refractivity contribution in [2.24, 2.45) is 5.92 Å². The number of rotatable bonds is 5. The molecule has 0 saturated carbocycles. The molecule has 0 bridgehead atoms. The Hall–Kier alpha value is -1.36. The molecular weight excluding hydrogens is 252 g/mol. The number of sulfone groups is 1. The van der Waals surface area contributed by atoms with Gasteiger partial charge in [0.1, 0.15) is 0 Å². The summed E-state index contributed by atoms with van der Waals surface area (Å²) in [6.45, 7) is 5.40. The van der Waals surface area contributed by atoms with E-state index in [2.05, 4.69) is 0 Å². The molecule has 0 aliphatic heterocycles. The molecule has 1 N–H and O–H groups in total. The number of benzene rings is 1. The lowest BCUT2D eigenvalue weighted by molar-refractivity contribution is 0.0696. The third-order valence-corrected chi connectivity index (χ3v) is 5.46. The molecule has 4 nitrogen and oxygen atoms in total. The van der Waals surface area contributed by atoms with Gasteiger partial charge in [0.25, 0.3) is 0 Å². The van der Waals surface area contributed by atoms with Crippen molar-refractivity contribution in [1.82, 2.24) is 0 Å². The molecule has 1 aromatic rings. The SMILES string of the molecule is CC(C)C(C)S(=O)(=O)Cc1cccc(C(=O)O)c1. The smallest absolute Gasteiger partial charge is 0.335 e. The summed E-state index contributed by atoms with van der Waals surface area (Å²) in [5.41, 5.74) is 0.627. The maximum Gasteiger partial charge on any atom is 0.335 e. The molecule has 100 valence electrons. The van der Waals surface area contributed by atoms with Gasteiger partial charge in [-0.15, -0.1) is 0 Å². The highest BCUT2D eigenvalue weighted by molar-refractivity contribution is 7.91. The van der Waals surface area contributed by atoms with Crippen LogP contribution in [0.25, 0.3) is 0 Å². The Morgan fingerprint density at radius 2 is 1.89 bits per heavy atom. The van der Waals surface area contributed by atoms with Gasteiger partial charge in [-0.3, -0.25) is 0 Å². The quantitative estimate of drug-likeness (QED) is 0.891. The molecular formula is C13H18O4S. The van der Waals surface area contributed by atoms with E-state index in [4.69, 9.17) is 5.11 Å². The van der Waals surface area contributed by atoms with E-state index >= 15 is 0 Å². The third kappa shape index (κ3) is 3.57. The zero-order valence-corrected chi connectivity index (χ0v) is 11.6. The Morgan fingerprint density at radius 1 is 1.28 bits per heavy atom. The van der Waals surface area contributed by atoms with Gasteiger partial charge in [-0.05, 0) is 30.5 Å². The lowest BCUT2D eigenvalue weighted by atomic mass is 10.1. The van der Waals surface area contributed by atoms with E-state index in [-0.39, 0.29) is 17.2 Å². The maximum atomic E-state index is 12.1. The minimum Gasteiger partial charge on any atom is -0.478 e. The number of aromatic carboxylic acids is 1. The molecule has 0 fully saturated rings. The van der Waals surface area contributed by atoms with E-state index in [9.17, 15) is 13.2 Å². The summed E-state index contributed by atoms with van der Waals surface area (Å²) in [6, 6.07) is 6.06. The van der Waals surface area contributed by atoms with Gasteiger partial charge in [0.2, 0.25) is 0 Å². The Balaban J connectivity index is 2.98. The van der Waals surface area contributed by atoms with Crippen LogP contribution in [0.1, 0.15) is 36.7 Å². The predicted octanol–water partition coefficient (Wildman–Crippen LogP) is 2.34. The summed E-state index contributed by atoms with van der Waals surface area (Å²) < 4.78 is 24.2. The highest BCUT2D eigenvalue weighted by Gasteiger charge is 2.24. The van der Waals surface area contributed by atoms with Gasteiger partial charge in [-0.25, -0.2) is 13.2 Å². The standard InChI is InChI=1S/C13H18O4S/c1-9(2)10(3)18(16,17)8-11-5-4-6-12(7-11)13(14)15/h4-7,9-10H,8H2,1-3H3,(H,14,15). The second-order valence-corrected chi connectivity index (χ2v) is 7.12. The van der Waals surface area contributed by atoms with E-state index < -0.39 is 21.1 Å². The molecule has 0 spiro atoms. The first-order valence-corrected chi connectivity index (χ1v) is 7.49. The number of carboxylic acid groups (broad SMARTS) is 1. The van der Waals surface area contributed by atoms with Gasteiger partial charge in [0, 0.05) is 0 Å². The van der Waals surface area contributed by atoms with E-state index in [1.54, 1.807) is 19.1 Å². The van der Waals surface area contributed by atoms with E-state index in [0.29, 0.717) is 5.56 Å². The lowest BCUT2D eigenvalue weighted by Crippen LogP contribution is -2.24. The van der Waals surface area contributed by atoms with Crippen molar-refractivity contribution in [3.8, 4) is 0 Å². The van der Waals surface area contributed by atoms with Crippen molar-refractivity contribution in [2.75, 3.05) is 0 Å². The molecule has 1 unspecified atom stereocenters. The van der Waals surface area contributed by atoms with E-state index in [0.717, 1.165) is 0 Å². The van der Waals surface area contributed by atoms with Crippen LogP contribution < -0.4 is 0 Å². The van der Waals surface area contributed by atoms with Gasteiger partial charge in [0.15, 0.2) is 9.84 Å². The molecule has 0 amide bonds. The molecule has 1 atom stereocenters. The molecule has 0 aliphatic rings. The summed E-state index contributed by atoms with van der Waals surface area (Å²) in [4.78, 5) is 10.8. The predicted molar refractivity (Wildman–Crippen MR) is 70.3 cm³/mol. The van der Waals surface area contributed by atoms with Crippen molar-refractivity contribution in [1.29, 1.82) is 0 Å². The zero-order chi connectivity index (χ0) is 13.9. The third-order valence-electron chi connectivity index (χ3n) is 3.05. The zero-order valence-electron chi connectivity index (χ0n) is 10.8. The van der Waals surface area contributed by atoms with Crippen LogP contribution in [0.15, 0.2) is 24.3 Å². The normalized spacial score (nSPS) is 13.6. The van der Waals surface area contributed by atoms with Gasteiger partial charge < -0.3 is 5.11 Å². The first-order chi connectivity index (χ1) is 8.24. The van der Waals surface area contributed by atoms with Crippen LogP contribution in [0.3, 0.4) is 0 Å². The van der Waals surface area contributed by atoms with Gasteiger partial charge in [-0.2, -0.15) is 0 Å². The van der Waals surface area contributed by atoms with Crippen molar-refractivity contribution in [3.63, 3.8) is 0 Å². The van der Waals surface area contributed by atoms with Crippen LogP contribution >= 0.6 is 0 Å². The molecule has 0 radical (unpaired) electrons. The minimum absolute atomic E-state index is 0.0395. The largest absolute Gasteiger partial charge is 0.478 e. The first kappa shape index (κ1) is 14.7. The Labute approximate surface area is 108 Å². The molecule has 0 aliphatic carbocycles. The lowest BCUT2D eigenvalue weighted by Gasteiger charge is -2.16. The van der Waals surface area contributed by atoms with Crippen LogP contribution in [-0.2, 0) is 15.6 Å². The van der Waals surface area contributed by atoms with Crippen molar-refractivity contribution >= 4 is 15.8 Å². The van der Waals surface area contributed by atoms with Gasteiger partial charge in [0.05, 0.1) is 16.6 Å². The fourth-order valence-electron chi connectivity index (χ4n) is 1.57. The van der Waals surface area contributed by atoms with Crippen LogP contribution in [0.4, 0.5) is 0 Å². The Kier molecular flexibility index (Phi) is 4.51. The highest BCUT2D eigenvalue weighted by Crippen LogP contribution is 2.18. The van der Waals surface area contributed by atoms with E-state index in [1.807, 2.05) is 13.8 Å². The van der Waals surface area contributed by atoms with E-state index in [1.165, 1.54) is 12.1 Å². The highest BCUT2D eigenvalue weighted by atomic mass is 32.2. The number of hydrogen-bond acceptors (Lipinski definition) is 3. The fraction of sp³-hybridized carbons (Fsp3) is 0.462. The van der Waals surface area contributed by atoms with Crippen molar-refractivity contribution in [2.45, 2.75) is 31.8 Å². The number of carboxylic acids is 1. The summed E-state index contributed by atoms with van der Waals surface area (Å²) in [6.07, 6.45) is 0. The molecule has 0 saturated heterocycles. The number of carbonyl (C=O) groups is 1. The Bertz CT molecular complexity index is 532. The summed E-state index contributed by atoms with van der Waals surface area (Å²) in [5, 5.41) is 8.42. The number of hydrogen-bond donors (Lipinski definition) is 1. The molecule has 0 heterocycles. The molecule has 18 heavy (non-hydrogen) atoms. The topological polar surface area (TPSA) is 71.4 Å². The van der Waals surface area contributed by atoms with Gasteiger partial charge >= 0.3 is 5.97 Å². The monoisotopic (exact) mass is 270 g/mol. The van der Waals surface area contributed by atoms with Gasteiger partial charge in [-0.1, -0.05) is 26.0 Å². The fourth-order valence-corrected chi connectivity index (χ4v) is 3.31. The first-order valence-electron chi connectivity index (χ1n) is 5.78. The molecule has 0 aromatic heterocycles. The molecule has 1 rings (SSSR count). The minimum atomic E-state index is -3.25. The van der Waals surface area contributed by atoms with Crippen LogP contribution in [0, 0.1) is 5.92 Å². The molecule has 5 heteroatoms. The summed E-state index contributed by atoms with van der Waals surface area (Å²) in [5.74, 6) is -1.13. The van der Waals surface area contributed by atoms with Crippen molar-refractivity contribution in [3.05, 3.63) is 35.4 Å². The van der Waals surface area contributed by atoms with Crippen molar-refractivity contribution < 1.29 is 18.3 Å². The van der Waals surface area contributed by atoms with Crippen LogP contribution in [0.2, 0.25) is 0 Å².